The molecule has 0 aromatic heterocycles. The molecule has 18 heavy (non-hydrogen) atoms. The van der Waals surface area contributed by atoms with Gasteiger partial charge in [-0.05, 0) is 24.3 Å². The van der Waals surface area contributed by atoms with Crippen LogP contribution in [0.2, 0.25) is 0 Å². The Bertz CT molecular complexity index is 367. The van der Waals surface area contributed by atoms with Gasteiger partial charge in [-0.25, -0.2) is 0 Å². The number of hydrogen-bond acceptors (Lipinski definition) is 3. The molecule has 0 aliphatic carbocycles. The summed E-state index contributed by atoms with van der Waals surface area (Å²) >= 11 is 5.49. The first-order valence-corrected chi connectivity index (χ1v) is 6.25. The minimum Gasteiger partial charge on any atom is -0.497 e. The van der Waals surface area contributed by atoms with E-state index in [4.69, 9.17) is 21.1 Å². The van der Waals surface area contributed by atoms with Crippen LogP contribution in [0.4, 0.5) is 0 Å². The maximum atomic E-state index is 12.0. The maximum Gasteiger partial charge on any atom is 0.253 e. The highest BCUT2D eigenvalue weighted by atomic mass is 35.5. The normalized spacial score (nSPS) is 10.2. The number of alkyl halides is 1. The van der Waals surface area contributed by atoms with Crippen LogP contribution in [0.3, 0.4) is 0 Å². The van der Waals surface area contributed by atoms with Gasteiger partial charge in [-0.3, -0.25) is 4.79 Å². The van der Waals surface area contributed by atoms with Gasteiger partial charge in [-0.2, -0.15) is 0 Å². The molecule has 0 bridgehead atoms. The van der Waals surface area contributed by atoms with Crippen molar-refractivity contribution in [3.63, 3.8) is 0 Å². The molecule has 0 saturated heterocycles. The van der Waals surface area contributed by atoms with Gasteiger partial charge in [0.15, 0.2) is 0 Å². The van der Waals surface area contributed by atoms with Gasteiger partial charge in [0.25, 0.3) is 5.91 Å². The summed E-state index contributed by atoms with van der Waals surface area (Å²) in [5.74, 6) is 1.17. The second kappa shape index (κ2) is 7.95. The van der Waals surface area contributed by atoms with Crippen molar-refractivity contribution in [2.24, 2.45) is 0 Å². The molecular formula is C13H18ClNO3. The molecule has 0 spiro atoms. The van der Waals surface area contributed by atoms with Gasteiger partial charge >= 0.3 is 0 Å². The van der Waals surface area contributed by atoms with Crippen molar-refractivity contribution in [3.05, 3.63) is 29.8 Å². The quantitative estimate of drug-likeness (QED) is 0.563. The van der Waals surface area contributed by atoms with Crippen LogP contribution in [-0.2, 0) is 4.74 Å². The molecule has 1 aromatic rings. The molecule has 1 amide bonds. The Kier molecular flexibility index (Phi) is 6.54. The van der Waals surface area contributed by atoms with Crippen molar-refractivity contribution in [1.82, 2.24) is 4.90 Å². The van der Waals surface area contributed by atoms with Crippen LogP contribution in [0.15, 0.2) is 24.3 Å². The summed E-state index contributed by atoms with van der Waals surface area (Å²) < 4.78 is 10.3. The summed E-state index contributed by atoms with van der Waals surface area (Å²) in [6, 6.07) is 7.03. The van der Waals surface area contributed by atoms with Gasteiger partial charge in [-0.15, -0.1) is 11.6 Å². The molecule has 0 heterocycles. The van der Waals surface area contributed by atoms with Gasteiger partial charge in [0, 0.05) is 25.0 Å². The minimum atomic E-state index is -0.0351. The number of carbonyl (C=O) groups is 1. The Morgan fingerprint density at radius 3 is 2.50 bits per heavy atom. The van der Waals surface area contributed by atoms with Crippen molar-refractivity contribution < 1.29 is 14.3 Å². The Morgan fingerprint density at radius 1 is 1.28 bits per heavy atom. The lowest BCUT2D eigenvalue weighted by Crippen LogP contribution is -2.30. The Balaban J connectivity index is 2.46. The van der Waals surface area contributed by atoms with Crippen LogP contribution in [0.25, 0.3) is 0 Å². The van der Waals surface area contributed by atoms with Gasteiger partial charge in [-0.1, -0.05) is 0 Å². The topological polar surface area (TPSA) is 38.8 Å². The molecule has 100 valence electrons. The first kappa shape index (κ1) is 14.8. The van der Waals surface area contributed by atoms with E-state index in [-0.39, 0.29) is 5.91 Å². The number of likely N-dealkylation sites (N-methyl/N-ethyl adjacent to an activating group) is 1. The first-order chi connectivity index (χ1) is 8.69. The maximum absolute atomic E-state index is 12.0. The number of hydrogen-bond donors (Lipinski definition) is 0. The first-order valence-electron chi connectivity index (χ1n) is 5.72. The van der Waals surface area contributed by atoms with Crippen LogP contribution in [0, 0.1) is 0 Å². The fraction of sp³-hybridized carbons (Fsp3) is 0.462. The second-order valence-corrected chi connectivity index (χ2v) is 4.13. The summed E-state index contributed by atoms with van der Waals surface area (Å²) in [6.45, 7) is 1.54. The lowest BCUT2D eigenvalue weighted by molar-refractivity contribution is 0.0712. The molecule has 0 aliphatic rings. The number of benzene rings is 1. The van der Waals surface area contributed by atoms with E-state index in [1.165, 1.54) is 0 Å². The molecule has 1 aromatic carbocycles. The van der Waals surface area contributed by atoms with E-state index in [0.29, 0.717) is 31.2 Å². The third kappa shape index (κ3) is 4.55. The van der Waals surface area contributed by atoms with Crippen LogP contribution < -0.4 is 4.74 Å². The predicted octanol–water partition coefficient (Wildman–Crippen LogP) is 2.02. The molecule has 4 nitrogen and oxygen atoms in total. The van der Waals surface area contributed by atoms with Crippen molar-refractivity contribution >= 4 is 17.5 Å². The Hall–Kier alpha value is -1.26. The SMILES string of the molecule is COc1ccc(C(=O)N(C)CCOCCCl)cc1. The lowest BCUT2D eigenvalue weighted by atomic mass is 10.2. The zero-order valence-corrected chi connectivity index (χ0v) is 11.4. The summed E-state index contributed by atoms with van der Waals surface area (Å²) in [4.78, 5) is 13.6. The van der Waals surface area contributed by atoms with E-state index in [9.17, 15) is 4.79 Å². The van der Waals surface area contributed by atoms with Crippen LogP contribution in [0.5, 0.6) is 5.75 Å². The molecule has 0 aliphatic heterocycles. The average molecular weight is 272 g/mol. The molecule has 5 heteroatoms. The van der Waals surface area contributed by atoms with Gasteiger partial charge < -0.3 is 14.4 Å². The summed E-state index contributed by atoms with van der Waals surface area (Å²) in [5, 5.41) is 0. The number of ether oxygens (including phenoxy) is 2. The largest absolute Gasteiger partial charge is 0.497 e. The highest BCUT2D eigenvalue weighted by Crippen LogP contribution is 2.12. The fourth-order valence-corrected chi connectivity index (χ4v) is 1.52. The van der Waals surface area contributed by atoms with Crippen LogP contribution in [-0.4, -0.2) is 50.6 Å². The minimum absolute atomic E-state index is 0.0351. The molecule has 0 fully saturated rings. The molecular weight excluding hydrogens is 254 g/mol. The van der Waals surface area contributed by atoms with Gasteiger partial charge in [0.05, 0.1) is 20.3 Å². The van der Waals surface area contributed by atoms with E-state index in [1.807, 2.05) is 0 Å². The zero-order chi connectivity index (χ0) is 13.4. The molecule has 0 atom stereocenters. The third-order valence-electron chi connectivity index (χ3n) is 2.48. The lowest BCUT2D eigenvalue weighted by Gasteiger charge is -2.17. The molecule has 0 saturated carbocycles. The number of amides is 1. The van der Waals surface area contributed by atoms with E-state index in [2.05, 4.69) is 0 Å². The smallest absolute Gasteiger partial charge is 0.253 e. The average Bonchev–Trinajstić information content (AvgIpc) is 2.42. The number of carbonyl (C=O) groups excluding carboxylic acids is 1. The standard InChI is InChI=1S/C13H18ClNO3/c1-15(8-10-18-9-7-14)13(16)11-3-5-12(17-2)6-4-11/h3-6H,7-10H2,1-2H3. The predicted molar refractivity (Wildman–Crippen MR) is 71.5 cm³/mol. The van der Waals surface area contributed by atoms with Crippen molar-refractivity contribution in [1.29, 1.82) is 0 Å². The number of rotatable bonds is 7. The third-order valence-corrected chi connectivity index (χ3v) is 2.63. The number of halogens is 1. The van der Waals surface area contributed by atoms with Crippen LogP contribution >= 0.6 is 11.6 Å². The van der Waals surface area contributed by atoms with Crippen molar-refractivity contribution in [2.45, 2.75) is 0 Å². The zero-order valence-electron chi connectivity index (χ0n) is 10.7. The van der Waals surface area contributed by atoms with E-state index in [0.717, 1.165) is 5.75 Å². The molecule has 1 rings (SSSR count). The second-order valence-electron chi connectivity index (χ2n) is 3.76. The Labute approximate surface area is 112 Å². The fourth-order valence-electron chi connectivity index (χ4n) is 1.41. The highest BCUT2D eigenvalue weighted by Gasteiger charge is 2.11. The van der Waals surface area contributed by atoms with E-state index in [1.54, 1.807) is 43.3 Å². The van der Waals surface area contributed by atoms with Gasteiger partial charge in [0.1, 0.15) is 5.75 Å². The Morgan fingerprint density at radius 2 is 1.94 bits per heavy atom. The molecule has 0 radical (unpaired) electrons. The van der Waals surface area contributed by atoms with Crippen LogP contribution in [0.1, 0.15) is 10.4 Å². The summed E-state index contributed by atoms with van der Waals surface area (Å²) in [7, 11) is 3.34. The van der Waals surface area contributed by atoms with Crippen molar-refractivity contribution in [3.8, 4) is 5.75 Å². The van der Waals surface area contributed by atoms with Crippen molar-refractivity contribution in [2.75, 3.05) is 39.8 Å². The summed E-state index contributed by atoms with van der Waals surface area (Å²) in [5.41, 5.74) is 0.635. The van der Waals surface area contributed by atoms with E-state index >= 15 is 0 Å². The van der Waals surface area contributed by atoms with Gasteiger partial charge in [0.2, 0.25) is 0 Å². The highest BCUT2D eigenvalue weighted by molar-refractivity contribution is 6.17. The monoisotopic (exact) mass is 271 g/mol. The molecule has 0 unspecified atom stereocenters. The number of methoxy groups -OCH3 is 1. The summed E-state index contributed by atoms with van der Waals surface area (Å²) in [6.07, 6.45) is 0. The van der Waals surface area contributed by atoms with E-state index < -0.39 is 0 Å². The molecule has 0 N–H and O–H groups in total. The number of nitrogens with zero attached hydrogens (tertiary/aromatic N) is 1.